The minimum absolute atomic E-state index is 0.163. The quantitative estimate of drug-likeness (QED) is 0.295. The Morgan fingerprint density at radius 3 is 2.70 bits per heavy atom. The van der Waals surface area contributed by atoms with E-state index < -0.39 is 41.9 Å². The number of aliphatic hydroxyl groups excluding tert-OH is 3. The van der Waals surface area contributed by atoms with Crippen molar-refractivity contribution in [3.05, 3.63) is 11.9 Å². The lowest BCUT2D eigenvalue weighted by atomic mass is 9.91. The molecular formula is C21H38N6O5S. The molecule has 0 bridgehead atoms. The minimum atomic E-state index is -1.41. The standard InChI is InChI=1S/C21H38N6O5S/c1-5-6-12-7-14(26(3)9-12)20(31)23-15(11(2)27-10-13(8-22)24-25-27)19-17(29)16(28)18(30)21(32-19)33-4/h10-12,14-19,21,28-30H,5-9,22H2,1-4H3,(H,23,31)/t11-,12+,14-,15+,16+,17?,18+,19+,21?/m0/s1. The summed E-state index contributed by atoms with van der Waals surface area (Å²) >= 11 is 1.23. The van der Waals surface area contributed by atoms with Gasteiger partial charge in [0.25, 0.3) is 0 Å². The number of carbonyl (C=O) groups excluding carboxylic acids is 1. The van der Waals surface area contributed by atoms with Crippen molar-refractivity contribution in [2.45, 2.75) is 87.6 Å². The molecule has 9 atom stereocenters. The fourth-order valence-electron chi connectivity index (χ4n) is 4.90. The normalized spacial score (nSPS) is 34.8. The van der Waals surface area contributed by atoms with Crippen LogP contribution in [0.4, 0.5) is 0 Å². The molecule has 2 fully saturated rings. The molecule has 0 radical (unpaired) electrons. The first-order valence-corrected chi connectivity index (χ1v) is 12.8. The number of likely N-dealkylation sites (N-methyl/N-ethyl adjacent to an activating group) is 1. The number of ether oxygens (including phenoxy) is 1. The summed E-state index contributed by atoms with van der Waals surface area (Å²) in [6.07, 6.45) is 1.31. The van der Waals surface area contributed by atoms with E-state index in [1.807, 2.05) is 14.0 Å². The van der Waals surface area contributed by atoms with Gasteiger partial charge in [0.05, 0.1) is 30.0 Å². The fourth-order valence-corrected chi connectivity index (χ4v) is 5.58. The van der Waals surface area contributed by atoms with E-state index in [2.05, 4.69) is 27.5 Å². The van der Waals surface area contributed by atoms with E-state index >= 15 is 0 Å². The van der Waals surface area contributed by atoms with E-state index in [0.717, 1.165) is 25.8 Å². The Hall–Kier alpha value is -1.28. The second-order valence-electron chi connectivity index (χ2n) is 9.19. The average Bonchev–Trinajstić information content (AvgIpc) is 3.43. The summed E-state index contributed by atoms with van der Waals surface area (Å²) in [6.45, 7) is 5.05. The molecule has 0 saturated carbocycles. The maximum Gasteiger partial charge on any atom is 0.237 e. The summed E-state index contributed by atoms with van der Waals surface area (Å²) in [6, 6.07) is -1.50. The van der Waals surface area contributed by atoms with Crippen LogP contribution in [0.3, 0.4) is 0 Å². The van der Waals surface area contributed by atoms with Crippen molar-refractivity contribution < 1.29 is 24.9 Å². The number of amides is 1. The number of nitrogens with one attached hydrogen (secondary N) is 1. The molecule has 188 valence electrons. The second kappa shape index (κ2) is 11.4. The van der Waals surface area contributed by atoms with Gasteiger partial charge in [-0.25, -0.2) is 4.68 Å². The van der Waals surface area contributed by atoms with Crippen molar-refractivity contribution in [1.29, 1.82) is 0 Å². The first kappa shape index (κ1) is 26.3. The van der Waals surface area contributed by atoms with Crippen molar-refractivity contribution in [2.24, 2.45) is 11.7 Å². The molecule has 1 amide bonds. The summed E-state index contributed by atoms with van der Waals surface area (Å²) in [5.41, 5.74) is 5.51. The van der Waals surface area contributed by atoms with Gasteiger partial charge in [0, 0.05) is 13.1 Å². The zero-order valence-electron chi connectivity index (χ0n) is 19.7. The van der Waals surface area contributed by atoms with Crippen molar-refractivity contribution in [3.63, 3.8) is 0 Å². The maximum absolute atomic E-state index is 13.4. The van der Waals surface area contributed by atoms with Gasteiger partial charge in [-0.1, -0.05) is 18.6 Å². The highest BCUT2D eigenvalue weighted by Gasteiger charge is 2.49. The topological polar surface area (TPSA) is 159 Å². The molecular weight excluding hydrogens is 448 g/mol. The van der Waals surface area contributed by atoms with E-state index in [0.29, 0.717) is 11.6 Å². The van der Waals surface area contributed by atoms with Gasteiger partial charge in [-0.2, -0.15) is 0 Å². The number of hydrogen-bond donors (Lipinski definition) is 5. The van der Waals surface area contributed by atoms with Gasteiger partial charge in [0.2, 0.25) is 5.91 Å². The van der Waals surface area contributed by atoms with Crippen LogP contribution >= 0.6 is 11.8 Å². The molecule has 0 aliphatic carbocycles. The van der Waals surface area contributed by atoms with Crippen molar-refractivity contribution >= 4 is 17.7 Å². The second-order valence-corrected chi connectivity index (χ2v) is 10.1. The molecule has 0 spiro atoms. The highest BCUT2D eigenvalue weighted by molar-refractivity contribution is 7.99. The third-order valence-electron chi connectivity index (χ3n) is 6.84. The molecule has 6 N–H and O–H groups in total. The molecule has 0 aromatic carbocycles. The van der Waals surface area contributed by atoms with Gasteiger partial charge < -0.3 is 31.1 Å². The van der Waals surface area contributed by atoms with Crippen LogP contribution in [-0.4, -0.2) is 103 Å². The number of nitrogens with zero attached hydrogens (tertiary/aromatic N) is 4. The molecule has 2 aliphatic rings. The predicted molar refractivity (Wildman–Crippen MR) is 124 cm³/mol. The van der Waals surface area contributed by atoms with Crippen LogP contribution in [0.2, 0.25) is 0 Å². The molecule has 12 heteroatoms. The van der Waals surface area contributed by atoms with Crippen molar-refractivity contribution in [2.75, 3.05) is 19.8 Å². The fraction of sp³-hybridized carbons (Fsp3) is 0.857. The number of nitrogens with two attached hydrogens (primary N) is 1. The Bertz CT molecular complexity index is 782. The first-order valence-electron chi connectivity index (χ1n) is 11.6. The molecule has 1 aromatic rings. The zero-order valence-corrected chi connectivity index (χ0v) is 20.6. The Kier molecular flexibility index (Phi) is 9.12. The SMILES string of the molecule is CCC[C@@H]1C[C@@H](C(=O)N[C@@H]([C@H]2OC(SC)[C@H](O)[C@H](O)C2O)[C@H](C)n2cc(CN)nn2)N(C)C1. The van der Waals surface area contributed by atoms with Gasteiger partial charge >= 0.3 is 0 Å². The van der Waals surface area contributed by atoms with Crippen LogP contribution in [-0.2, 0) is 16.1 Å². The Morgan fingerprint density at radius 1 is 1.36 bits per heavy atom. The van der Waals surface area contributed by atoms with Gasteiger partial charge in [-0.15, -0.1) is 16.9 Å². The Balaban J connectivity index is 1.86. The lowest BCUT2D eigenvalue weighted by Gasteiger charge is -2.44. The number of aliphatic hydroxyl groups is 3. The highest BCUT2D eigenvalue weighted by Crippen LogP contribution is 2.32. The van der Waals surface area contributed by atoms with E-state index in [9.17, 15) is 20.1 Å². The molecule has 3 heterocycles. The van der Waals surface area contributed by atoms with Crippen molar-refractivity contribution in [3.8, 4) is 0 Å². The number of hydrogen-bond acceptors (Lipinski definition) is 10. The van der Waals surface area contributed by atoms with Gasteiger partial charge in [-0.05, 0) is 39.0 Å². The van der Waals surface area contributed by atoms with Gasteiger partial charge in [0.1, 0.15) is 29.9 Å². The smallest absolute Gasteiger partial charge is 0.237 e. The molecule has 2 saturated heterocycles. The third-order valence-corrected chi connectivity index (χ3v) is 7.69. The first-order chi connectivity index (χ1) is 15.7. The van der Waals surface area contributed by atoms with E-state index in [1.54, 1.807) is 17.1 Å². The van der Waals surface area contributed by atoms with Gasteiger partial charge in [-0.3, -0.25) is 9.69 Å². The van der Waals surface area contributed by atoms with Crippen LogP contribution in [0, 0.1) is 5.92 Å². The lowest BCUT2D eigenvalue weighted by molar-refractivity contribution is -0.208. The Morgan fingerprint density at radius 2 is 2.09 bits per heavy atom. The largest absolute Gasteiger partial charge is 0.388 e. The third kappa shape index (κ3) is 5.69. The van der Waals surface area contributed by atoms with Gasteiger partial charge in [0.15, 0.2) is 0 Å². The molecule has 1 aromatic heterocycles. The van der Waals surface area contributed by atoms with Crippen LogP contribution in [0.5, 0.6) is 0 Å². The predicted octanol–water partition coefficient (Wildman–Crippen LogP) is -0.926. The number of rotatable bonds is 9. The van der Waals surface area contributed by atoms with Crippen LogP contribution in [0.15, 0.2) is 6.20 Å². The summed E-state index contributed by atoms with van der Waals surface area (Å²) in [7, 11) is 1.94. The highest BCUT2D eigenvalue weighted by atomic mass is 32.2. The number of aromatic nitrogens is 3. The number of carbonyl (C=O) groups is 1. The minimum Gasteiger partial charge on any atom is -0.388 e. The number of likely N-dealkylation sites (tertiary alicyclic amines) is 1. The van der Waals surface area contributed by atoms with Crippen molar-refractivity contribution in [1.82, 2.24) is 25.2 Å². The average molecular weight is 487 g/mol. The number of thioether (sulfide) groups is 1. The molecule has 2 aliphatic heterocycles. The summed E-state index contributed by atoms with van der Waals surface area (Å²) in [5.74, 6) is 0.299. The maximum atomic E-state index is 13.4. The van der Waals surface area contributed by atoms with E-state index in [4.69, 9.17) is 10.5 Å². The molecule has 3 rings (SSSR count). The summed E-state index contributed by atoms with van der Waals surface area (Å²) in [4.78, 5) is 15.4. The van der Waals surface area contributed by atoms with E-state index in [-0.39, 0.29) is 18.5 Å². The summed E-state index contributed by atoms with van der Waals surface area (Å²) < 4.78 is 7.58. The molecule has 11 nitrogen and oxygen atoms in total. The summed E-state index contributed by atoms with van der Waals surface area (Å²) in [5, 5.41) is 42.8. The van der Waals surface area contributed by atoms with Crippen LogP contribution < -0.4 is 11.1 Å². The zero-order chi connectivity index (χ0) is 24.3. The Labute approximate surface area is 199 Å². The monoisotopic (exact) mass is 486 g/mol. The van der Waals surface area contributed by atoms with Crippen LogP contribution in [0.1, 0.15) is 44.8 Å². The van der Waals surface area contributed by atoms with Crippen LogP contribution in [0.25, 0.3) is 0 Å². The molecule has 2 unspecified atom stereocenters. The van der Waals surface area contributed by atoms with E-state index in [1.165, 1.54) is 11.8 Å². The molecule has 33 heavy (non-hydrogen) atoms. The lowest BCUT2D eigenvalue weighted by Crippen LogP contribution is -2.64.